The second-order valence-corrected chi connectivity index (χ2v) is 1.94. The van der Waals surface area contributed by atoms with E-state index in [9.17, 15) is 4.79 Å². The van der Waals surface area contributed by atoms with Gasteiger partial charge in [-0.15, -0.1) is 0 Å². The maximum Gasteiger partial charge on any atom is 0.364 e. The lowest BCUT2D eigenvalue weighted by atomic mass is 10.4. The standard InChI is InChI=1S/C6H12N2O4/c1-2-7-6(11)8-12-4-5(10)3-9/h2,5,9-10H,3-4H2,1H3,(H,8,11). The minimum atomic E-state index is -0.990. The van der Waals surface area contributed by atoms with Crippen LogP contribution in [0.3, 0.4) is 0 Å². The van der Waals surface area contributed by atoms with Gasteiger partial charge in [0.15, 0.2) is 0 Å². The number of carbonyl (C=O) groups is 1. The molecule has 0 spiro atoms. The molecule has 0 aromatic rings. The summed E-state index contributed by atoms with van der Waals surface area (Å²) < 4.78 is 0. The predicted octanol–water partition coefficient (Wildman–Crippen LogP) is -0.928. The van der Waals surface area contributed by atoms with Gasteiger partial charge in [0, 0.05) is 6.21 Å². The molecule has 0 aromatic carbocycles. The number of aliphatic hydroxyl groups is 2. The zero-order valence-electron chi connectivity index (χ0n) is 6.73. The fourth-order valence-corrected chi connectivity index (χ4v) is 0.396. The summed E-state index contributed by atoms with van der Waals surface area (Å²) in [6, 6.07) is -0.650. The predicted molar refractivity (Wildman–Crippen MR) is 41.7 cm³/mol. The van der Waals surface area contributed by atoms with Crippen LogP contribution in [0.5, 0.6) is 0 Å². The van der Waals surface area contributed by atoms with Gasteiger partial charge in [-0.2, -0.15) is 0 Å². The van der Waals surface area contributed by atoms with Crippen LogP contribution in [0.15, 0.2) is 4.99 Å². The molecule has 2 amide bonds. The fraction of sp³-hybridized carbons (Fsp3) is 0.667. The van der Waals surface area contributed by atoms with Crippen LogP contribution in [0, 0.1) is 0 Å². The van der Waals surface area contributed by atoms with Crippen molar-refractivity contribution in [3.05, 3.63) is 0 Å². The molecule has 6 heteroatoms. The van der Waals surface area contributed by atoms with Crippen LogP contribution < -0.4 is 5.48 Å². The molecule has 0 aliphatic carbocycles. The summed E-state index contributed by atoms with van der Waals surface area (Å²) in [5.74, 6) is 0. The Bertz CT molecular complexity index is 160. The number of nitrogens with one attached hydrogen (secondary N) is 1. The lowest BCUT2D eigenvalue weighted by Gasteiger charge is -2.06. The molecule has 0 aliphatic rings. The highest BCUT2D eigenvalue weighted by Crippen LogP contribution is 1.81. The summed E-state index contributed by atoms with van der Waals surface area (Å²) in [5.41, 5.74) is 1.94. The lowest BCUT2D eigenvalue weighted by molar-refractivity contribution is -0.0222. The van der Waals surface area contributed by atoms with Crippen LogP contribution in [-0.4, -0.2) is 41.8 Å². The van der Waals surface area contributed by atoms with Crippen molar-refractivity contribution in [2.45, 2.75) is 13.0 Å². The van der Waals surface area contributed by atoms with Crippen LogP contribution in [0.4, 0.5) is 4.79 Å². The quantitative estimate of drug-likeness (QED) is 0.381. The van der Waals surface area contributed by atoms with E-state index in [4.69, 9.17) is 10.2 Å². The zero-order valence-corrected chi connectivity index (χ0v) is 6.73. The van der Waals surface area contributed by atoms with Gasteiger partial charge in [-0.3, -0.25) is 4.84 Å². The normalized spacial score (nSPS) is 13.2. The second-order valence-electron chi connectivity index (χ2n) is 1.94. The minimum Gasteiger partial charge on any atom is -0.394 e. The number of urea groups is 1. The van der Waals surface area contributed by atoms with Gasteiger partial charge in [0.2, 0.25) is 0 Å². The monoisotopic (exact) mass is 176 g/mol. The first-order valence-corrected chi connectivity index (χ1v) is 3.40. The SMILES string of the molecule is CC=NC(=O)NOCC(O)CO. The molecule has 0 aliphatic heterocycles. The average molecular weight is 176 g/mol. The number of hydroxylamine groups is 1. The molecule has 12 heavy (non-hydrogen) atoms. The molecule has 3 N–H and O–H groups in total. The number of aliphatic hydroxyl groups excluding tert-OH is 2. The Balaban J connectivity index is 3.37. The lowest BCUT2D eigenvalue weighted by Crippen LogP contribution is -2.28. The largest absolute Gasteiger partial charge is 0.394 e. The van der Waals surface area contributed by atoms with Crippen molar-refractivity contribution in [3.8, 4) is 0 Å². The number of aliphatic imine (C=N–C) groups is 1. The number of rotatable bonds is 4. The Hall–Kier alpha value is -0.980. The summed E-state index contributed by atoms with van der Waals surface area (Å²) in [6.07, 6.45) is 0.317. The molecule has 0 rings (SSSR count). The zero-order chi connectivity index (χ0) is 9.40. The Labute approximate surface area is 69.8 Å². The van der Waals surface area contributed by atoms with Crippen molar-refractivity contribution >= 4 is 12.2 Å². The number of nitrogens with zero attached hydrogens (tertiary/aromatic N) is 1. The highest BCUT2D eigenvalue weighted by atomic mass is 16.7. The number of amides is 2. The first kappa shape index (κ1) is 11.0. The molecule has 0 radical (unpaired) electrons. The summed E-state index contributed by atoms with van der Waals surface area (Å²) in [5, 5.41) is 17.1. The van der Waals surface area contributed by atoms with Crippen molar-refractivity contribution in [2.75, 3.05) is 13.2 Å². The molecule has 0 saturated carbocycles. The Kier molecular flexibility index (Phi) is 6.16. The van der Waals surface area contributed by atoms with E-state index >= 15 is 0 Å². The number of hydrogen-bond acceptors (Lipinski definition) is 4. The van der Waals surface area contributed by atoms with Crippen LogP contribution in [0.2, 0.25) is 0 Å². The molecule has 0 heterocycles. The molecule has 1 atom stereocenters. The van der Waals surface area contributed by atoms with Gasteiger partial charge in [-0.05, 0) is 6.92 Å². The van der Waals surface area contributed by atoms with Gasteiger partial charge in [-0.25, -0.2) is 15.3 Å². The third-order valence-electron chi connectivity index (χ3n) is 0.892. The molecular formula is C6H12N2O4. The fourth-order valence-electron chi connectivity index (χ4n) is 0.396. The molecule has 1 unspecified atom stereocenters. The highest BCUT2D eigenvalue weighted by Gasteiger charge is 2.02. The highest BCUT2D eigenvalue weighted by molar-refractivity contribution is 5.81. The first-order chi connectivity index (χ1) is 5.70. The molecule has 0 saturated heterocycles. The van der Waals surface area contributed by atoms with Crippen LogP contribution in [0.25, 0.3) is 0 Å². The summed E-state index contributed by atoms with van der Waals surface area (Å²) in [4.78, 5) is 18.3. The van der Waals surface area contributed by atoms with Gasteiger partial charge in [0.1, 0.15) is 12.7 Å². The van der Waals surface area contributed by atoms with Crippen molar-refractivity contribution in [3.63, 3.8) is 0 Å². The second kappa shape index (κ2) is 6.71. The Morgan fingerprint density at radius 3 is 3.00 bits per heavy atom. The average Bonchev–Trinajstić information content (AvgIpc) is 2.04. The van der Waals surface area contributed by atoms with E-state index in [2.05, 4.69) is 9.83 Å². The van der Waals surface area contributed by atoms with E-state index < -0.39 is 18.7 Å². The molecular weight excluding hydrogens is 164 g/mol. The van der Waals surface area contributed by atoms with Gasteiger partial charge < -0.3 is 10.2 Å². The maximum atomic E-state index is 10.5. The van der Waals surface area contributed by atoms with Crippen LogP contribution in [0.1, 0.15) is 6.92 Å². The van der Waals surface area contributed by atoms with E-state index in [0.717, 1.165) is 0 Å². The summed E-state index contributed by atoms with van der Waals surface area (Å²) in [6.45, 7) is 1.01. The first-order valence-electron chi connectivity index (χ1n) is 3.40. The Morgan fingerprint density at radius 1 is 1.83 bits per heavy atom. The number of hydrogen-bond donors (Lipinski definition) is 3. The third-order valence-corrected chi connectivity index (χ3v) is 0.892. The van der Waals surface area contributed by atoms with Crippen molar-refractivity contribution in [1.29, 1.82) is 0 Å². The molecule has 6 nitrogen and oxygen atoms in total. The van der Waals surface area contributed by atoms with Gasteiger partial charge in [0.25, 0.3) is 0 Å². The van der Waals surface area contributed by atoms with Gasteiger partial charge >= 0.3 is 6.03 Å². The van der Waals surface area contributed by atoms with E-state index in [1.807, 2.05) is 5.48 Å². The summed E-state index contributed by atoms with van der Waals surface area (Å²) in [7, 11) is 0. The van der Waals surface area contributed by atoms with Crippen molar-refractivity contribution in [1.82, 2.24) is 5.48 Å². The molecule has 70 valence electrons. The van der Waals surface area contributed by atoms with E-state index in [0.29, 0.717) is 0 Å². The Morgan fingerprint density at radius 2 is 2.50 bits per heavy atom. The van der Waals surface area contributed by atoms with E-state index in [1.54, 1.807) is 6.92 Å². The molecule has 0 aromatic heterocycles. The summed E-state index contributed by atoms with van der Waals surface area (Å²) >= 11 is 0. The molecule has 0 bridgehead atoms. The smallest absolute Gasteiger partial charge is 0.364 e. The van der Waals surface area contributed by atoms with Crippen LogP contribution in [-0.2, 0) is 4.84 Å². The van der Waals surface area contributed by atoms with Crippen molar-refractivity contribution in [2.24, 2.45) is 4.99 Å². The topological polar surface area (TPSA) is 91.2 Å². The molecule has 0 fully saturated rings. The maximum absolute atomic E-state index is 10.5. The van der Waals surface area contributed by atoms with Crippen LogP contribution >= 0.6 is 0 Å². The van der Waals surface area contributed by atoms with E-state index in [-0.39, 0.29) is 6.61 Å². The van der Waals surface area contributed by atoms with Crippen molar-refractivity contribution < 1.29 is 19.8 Å². The van der Waals surface area contributed by atoms with Gasteiger partial charge in [0.05, 0.1) is 6.61 Å². The van der Waals surface area contributed by atoms with Gasteiger partial charge in [-0.1, -0.05) is 0 Å². The minimum absolute atomic E-state index is 0.165. The third kappa shape index (κ3) is 5.78. The number of carbonyl (C=O) groups excluding carboxylic acids is 1. The van der Waals surface area contributed by atoms with E-state index in [1.165, 1.54) is 6.21 Å².